The van der Waals surface area contributed by atoms with Gasteiger partial charge in [-0.2, -0.15) is 0 Å². The Hall–Kier alpha value is -0.300. The average molecular weight is 104 g/mol. The molecule has 0 rings (SSSR count). The molecule has 0 aliphatic carbocycles. The van der Waals surface area contributed by atoms with E-state index in [0.29, 0.717) is 5.03 Å². The lowest BCUT2D eigenvalue weighted by atomic mass is 10.6. The van der Waals surface area contributed by atoms with Crippen molar-refractivity contribution in [2.75, 3.05) is 0 Å². The van der Waals surface area contributed by atoms with Crippen LogP contribution < -0.4 is 0 Å². The number of hydrogen-bond acceptors (Lipinski definition) is 1. The van der Waals surface area contributed by atoms with Gasteiger partial charge < -0.3 is 0 Å². The van der Waals surface area contributed by atoms with Crippen molar-refractivity contribution in [2.45, 2.75) is 6.92 Å². The van der Waals surface area contributed by atoms with Gasteiger partial charge in [-0.25, -0.2) is 0 Å². The predicted octanol–water partition coefficient (Wildman–Crippen LogP) is 1.24. The van der Waals surface area contributed by atoms with Gasteiger partial charge in [0.2, 0.25) is 6.29 Å². The van der Waals surface area contributed by atoms with Crippen LogP contribution in [0.15, 0.2) is 11.1 Å². The van der Waals surface area contributed by atoms with Crippen molar-refractivity contribution in [2.24, 2.45) is 0 Å². The van der Waals surface area contributed by atoms with Crippen molar-refractivity contribution in [1.82, 2.24) is 0 Å². The zero-order chi connectivity index (χ0) is 4.99. The molecule has 0 aliphatic heterocycles. The van der Waals surface area contributed by atoms with Gasteiger partial charge in [0.1, 0.15) is 0 Å². The van der Waals surface area contributed by atoms with Crippen molar-refractivity contribution in [3.05, 3.63) is 11.1 Å². The zero-order valence-electron chi connectivity index (χ0n) is 3.36. The smallest absolute Gasteiger partial charge is 0.226 e. The molecule has 0 unspecified atom stereocenters. The molecule has 0 aliphatic rings. The summed E-state index contributed by atoms with van der Waals surface area (Å²) >= 11 is 5.18. The second-order valence-corrected chi connectivity index (χ2v) is 1.45. The Balaban J connectivity index is 3.41. The SMILES string of the molecule is C/C(Cl)=C\[C]=O. The summed E-state index contributed by atoms with van der Waals surface area (Å²) in [6, 6.07) is 0. The molecule has 0 saturated heterocycles. The first-order chi connectivity index (χ1) is 2.77. The zero-order valence-corrected chi connectivity index (χ0v) is 4.12. The fourth-order valence-electron chi connectivity index (χ4n) is 0.0812. The van der Waals surface area contributed by atoms with Crippen molar-refractivity contribution >= 4 is 17.9 Å². The van der Waals surface area contributed by atoms with E-state index in [2.05, 4.69) is 0 Å². The van der Waals surface area contributed by atoms with Crippen LogP contribution in [0.4, 0.5) is 0 Å². The average Bonchev–Trinajstić information content (AvgIpc) is 1.35. The quantitative estimate of drug-likeness (QED) is 0.457. The molecule has 0 fully saturated rings. The van der Waals surface area contributed by atoms with Gasteiger partial charge in [-0.05, 0) is 6.92 Å². The largest absolute Gasteiger partial charge is 0.286 e. The van der Waals surface area contributed by atoms with Gasteiger partial charge in [-0.3, -0.25) is 4.79 Å². The predicted molar refractivity (Wildman–Crippen MR) is 25.3 cm³/mol. The summed E-state index contributed by atoms with van der Waals surface area (Å²) < 4.78 is 0. The molecule has 0 N–H and O–H groups in total. The van der Waals surface area contributed by atoms with Crippen LogP contribution in [0.3, 0.4) is 0 Å². The fraction of sp³-hybridized carbons (Fsp3) is 0.250. The van der Waals surface area contributed by atoms with E-state index in [-0.39, 0.29) is 0 Å². The molecule has 0 bridgehead atoms. The van der Waals surface area contributed by atoms with Crippen LogP contribution in [-0.2, 0) is 4.79 Å². The molecule has 0 spiro atoms. The molecule has 0 saturated carbocycles. The number of allylic oxidation sites excluding steroid dienone is 2. The molecule has 0 aromatic carbocycles. The number of halogens is 1. The minimum atomic E-state index is 0.463. The Morgan fingerprint density at radius 3 is 2.50 bits per heavy atom. The van der Waals surface area contributed by atoms with Crippen LogP contribution in [0.2, 0.25) is 0 Å². The lowest BCUT2D eigenvalue weighted by molar-refractivity contribution is 0.564. The van der Waals surface area contributed by atoms with Gasteiger partial charge in [0, 0.05) is 11.1 Å². The van der Waals surface area contributed by atoms with Crippen LogP contribution in [0, 0.1) is 0 Å². The van der Waals surface area contributed by atoms with Crippen LogP contribution >= 0.6 is 11.6 Å². The Labute approximate surface area is 41.6 Å². The Morgan fingerprint density at radius 2 is 2.50 bits per heavy atom. The van der Waals surface area contributed by atoms with E-state index < -0.39 is 0 Å². The number of carbonyl (C=O) groups excluding carboxylic acids is 1. The maximum absolute atomic E-state index is 9.33. The highest BCUT2D eigenvalue weighted by Crippen LogP contribution is 1.93. The summed E-state index contributed by atoms with van der Waals surface area (Å²) in [4.78, 5) is 9.33. The Kier molecular flexibility index (Phi) is 2.77. The fourth-order valence-corrected chi connectivity index (χ4v) is 0.126. The minimum absolute atomic E-state index is 0.463. The third kappa shape index (κ3) is 3.70. The monoisotopic (exact) mass is 103 g/mol. The van der Waals surface area contributed by atoms with E-state index >= 15 is 0 Å². The first kappa shape index (κ1) is 5.70. The third-order valence-electron chi connectivity index (χ3n) is 0.258. The van der Waals surface area contributed by atoms with Crippen LogP contribution in [-0.4, -0.2) is 6.29 Å². The topological polar surface area (TPSA) is 17.1 Å². The Bertz CT molecular complexity index is 71.6. The minimum Gasteiger partial charge on any atom is -0.286 e. The molecular formula is C4H4ClO. The second-order valence-electron chi connectivity index (χ2n) is 0.849. The lowest BCUT2D eigenvalue weighted by Gasteiger charge is -1.69. The number of hydrogen-bond donors (Lipinski definition) is 0. The highest BCUT2D eigenvalue weighted by molar-refractivity contribution is 6.30. The van der Waals surface area contributed by atoms with E-state index in [1.54, 1.807) is 6.92 Å². The molecule has 0 aromatic heterocycles. The first-order valence-electron chi connectivity index (χ1n) is 1.47. The molecular weight excluding hydrogens is 99.5 g/mol. The van der Waals surface area contributed by atoms with Gasteiger partial charge in [0.05, 0.1) is 0 Å². The molecule has 0 amide bonds. The highest BCUT2D eigenvalue weighted by Gasteiger charge is 1.71. The van der Waals surface area contributed by atoms with Gasteiger partial charge in [-0.15, -0.1) is 0 Å². The molecule has 0 aromatic rings. The van der Waals surface area contributed by atoms with Crippen molar-refractivity contribution < 1.29 is 4.79 Å². The molecule has 1 nitrogen and oxygen atoms in total. The standard InChI is InChI=1S/C4H4ClO/c1-4(5)2-3-6/h2H,1H3/b4-2+. The normalized spacial score (nSPS) is 11.3. The van der Waals surface area contributed by atoms with Crippen LogP contribution in [0.25, 0.3) is 0 Å². The Morgan fingerprint density at radius 1 is 2.00 bits per heavy atom. The summed E-state index contributed by atoms with van der Waals surface area (Å²) in [7, 11) is 0. The maximum atomic E-state index is 9.33. The summed E-state index contributed by atoms with van der Waals surface area (Å²) in [5.74, 6) is 0. The molecule has 0 heterocycles. The molecule has 33 valence electrons. The van der Waals surface area contributed by atoms with E-state index in [4.69, 9.17) is 11.6 Å². The lowest BCUT2D eigenvalue weighted by Crippen LogP contribution is -1.58. The van der Waals surface area contributed by atoms with Gasteiger partial charge in [0.15, 0.2) is 0 Å². The first-order valence-corrected chi connectivity index (χ1v) is 1.85. The molecule has 0 atom stereocenters. The summed E-state index contributed by atoms with van der Waals surface area (Å²) in [5.41, 5.74) is 0. The van der Waals surface area contributed by atoms with Gasteiger partial charge in [0.25, 0.3) is 0 Å². The second kappa shape index (κ2) is 2.91. The third-order valence-corrected chi connectivity index (χ3v) is 0.367. The van der Waals surface area contributed by atoms with Crippen molar-refractivity contribution in [1.29, 1.82) is 0 Å². The van der Waals surface area contributed by atoms with E-state index in [1.165, 1.54) is 12.4 Å². The van der Waals surface area contributed by atoms with Crippen molar-refractivity contribution in [3.63, 3.8) is 0 Å². The summed E-state index contributed by atoms with van der Waals surface area (Å²) in [6.45, 7) is 1.62. The number of rotatable bonds is 1. The molecule has 6 heavy (non-hydrogen) atoms. The van der Waals surface area contributed by atoms with E-state index in [0.717, 1.165) is 0 Å². The van der Waals surface area contributed by atoms with Crippen LogP contribution in [0.5, 0.6) is 0 Å². The maximum Gasteiger partial charge on any atom is 0.226 e. The van der Waals surface area contributed by atoms with Gasteiger partial charge >= 0.3 is 0 Å². The van der Waals surface area contributed by atoms with E-state index in [1.807, 2.05) is 0 Å². The van der Waals surface area contributed by atoms with E-state index in [9.17, 15) is 4.79 Å². The van der Waals surface area contributed by atoms with Crippen molar-refractivity contribution in [3.8, 4) is 0 Å². The molecule has 2 heteroatoms. The highest BCUT2D eigenvalue weighted by atomic mass is 35.5. The summed E-state index contributed by atoms with van der Waals surface area (Å²) in [6.07, 6.45) is 2.69. The molecule has 1 radical (unpaired) electrons. The van der Waals surface area contributed by atoms with Crippen LogP contribution in [0.1, 0.15) is 6.92 Å². The summed E-state index contributed by atoms with van der Waals surface area (Å²) in [5, 5.41) is 0.463. The van der Waals surface area contributed by atoms with Gasteiger partial charge in [-0.1, -0.05) is 11.6 Å².